The first-order valence-electron chi connectivity index (χ1n) is 13.9. The number of ether oxygens (including phenoxy) is 2. The summed E-state index contributed by atoms with van der Waals surface area (Å²) in [5.41, 5.74) is 9.05. The maximum Gasteiger partial charge on any atom is 0.356 e. The van der Waals surface area contributed by atoms with Gasteiger partial charge in [-0.05, 0) is 52.0 Å². The van der Waals surface area contributed by atoms with Gasteiger partial charge < -0.3 is 19.8 Å². The Labute approximate surface area is 257 Å². The summed E-state index contributed by atoms with van der Waals surface area (Å²) in [6.45, 7) is 9.17. The molecule has 1 aromatic carbocycles. The van der Waals surface area contributed by atoms with Crippen LogP contribution in [0.3, 0.4) is 0 Å². The Bertz CT molecular complexity index is 1670. The number of hydrogen-bond acceptors (Lipinski definition) is 8. The van der Waals surface area contributed by atoms with Crippen molar-refractivity contribution in [1.82, 2.24) is 29.1 Å². The fourth-order valence-electron chi connectivity index (χ4n) is 4.56. The quantitative estimate of drug-likeness (QED) is 0.0892. The van der Waals surface area contributed by atoms with Gasteiger partial charge in [0.1, 0.15) is 22.7 Å². The zero-order valence-corrected chi connectivity index (χ0v) is 26.2. The van der Waals surface area contributed by atoms with Crippen LogP contribution in [0.5, 0.6) is 5.75 Å². The van der Waals surface area contributed by atoms with Crippen LogP contribution in [0.4, 0.5) is 5.95 Å². The zero-order valence-electron chi connectivity index (χ0n) is 24.6. The molecule has 0 bridgehead atoms. The lowest BCUT2D eigenvalue weighted by molar-refractivity contribution is 0.0471. The summed E-state index contributed by atoms with van der Waals surface area (Å²) in [6.07, 6.45) is 4.22. The fourth-order valence-corrected chi connectivity index (χ4v) is 4.83. The summed E-state index contributed by atoms with van der Waals surface area (Å²) in [7, 11) is 0. The van der Waals surface area contributed by atoms with Crippen LogP contribution in [0, 0.1) is 13.8 Å². The number of primary amides is 1. The first-order valence-corrected chi connectivity index (χ1v) is 15.0. The van der Waals surface area contributed by atoms with Crippen molar-refractivity contribution in [2.45, 2.75) is 53.8 Å². The number of esters is 1. The van der Waals surface area contributed by atoms with Crippen LogP contribution in [-0.2, 0) is 24.4 Å². The van der Waals surface area contributed by atoms with Gasteiger partial charge in [-0.2, -0.15) is 10.2 Å². The number of aromatic nitrogens is 6. The molecule has 13 nitrogen and oxygen atoms in total. The number of nitrogens with two attached hydrogens (primary N) is 1. The van der Waals surface area contributed by atoms with Crippen LogP contribution in [0.1, 0.15) is 63.0 Å². The SMILES string of the molecule is CCn1nc(C)cc1C(=O)Nc1nc2cc(C(N)=O)cc(OCCCOC(=O)c3cc(C)nn3CC)c2n1CC=CCBr. The number of benzene rings is 1. The van der Waals surface area contributed by atoms with E-state index < -0.39 is 11.9 Å². The van der Waals surface area contributed by atoms with E-state index >= 15 is 0 Å². The zero-order chi connectivity index (χ0) is 31.1. The van der Waals surface area contributed by atoms with Crippen LogP contribution >= 0.6 is 15.9 Å². The van der Waals surface area contributed by atoms with Gasteiger partial charge in [-0.25, -0.2) is 9.78 Å². The van der Waals surface area contributed by atoms with Crippen molar-refractivity contribution in [3.8, 4) is 5.75 Å². The summed E-state index contributed by atoms with van der Waals surface area (Å²) in [6, 6.07) is 6.51. The highest BCUT2D eigenvalue weighted by atomic mass is 79.9. The Morgan fingerprint density at radius 1 is 0.977 bits per heavy atom. The number of fused-ring (bicyclic) bond motifs is 1. The van der Waals surface area contributed by atoms with Crippen molar-refractivity contribution in [3.05, 3.63) is 64.8 Å². The molecule has 0 radical (unpaired) electrons. The van der Waals surface area contributed by atoms with Crippen molar-refractivity contribution in [2.75, 3.05) is 23.9 Å². The van der Waals surface area contributed by atoms with Crippen LogP contribution in [0.15, 0.2) is 36.4 Å². The van der Waals surface area contributed by atoms with E-state index in [4.69, 9.17) is 15.2 Å². The van der Waals surface area contributed by atoms with Gasteiger partial charge in [-0.3, -0.25) is 24.3 Å². The molecule has 0 aliphatic rings. The average Bonchev–Trinajstić information content (AvgIpc) is 3.66. The molecule has 0 saturated heterocycles. The molecule has 3 heterocycles. The molecule has 4 aromatic rings. The van der Waals surface area contributed by atoms with Gasteiger partial charge in [0.15, 0.2) is 0 Å². The number of allylic oxidation sites excluding steroid dienone is 2. The molecule has 3 aromatic heterocycles. The summed E-state index contributed by atoms with van der Waals surface area (Å²) in [5, 5.41) is 12.2. The summed E-state index contributed by atoms with van der Waals surface area (Å²) in [5.74, 6) is -0.860. The first-order chi connectivity index (χ1) is 20.7. The second-order valence-corrected chi connectivity index (χ2v) is 10.3. The van der Waals surface area contributed by atoms with Gasteiger partial charge in [0, 0.05) is 36.9 Å². The third-order valence-electron chi connectivity index (χ3n) is 6.48. The van der Waals surface area contributed by atoms with Crippen molar-refractivity contribution in [1.29, 1.82) is 0 Å². The number of imidazole rings is 1. The summed E-state index contributed by atoms with van der Waals surface area (Å²) >= 11 is 3.39. The highest BCUT2D eigenvalue weighted by Crippen LogP contribution is 2.31. The van der Waals surface area contributed by atoms with Gasteiger partial charge in [0.2, 0.25) is 11.9 Å². The van der Waals surface area contributed by atoms with E-state index in [0.717, 1.165) is 11.4 Å². The Morgan fingerprint density at radius 2 is 1.65 bits per heavy atom. The number of carbonyl (C=O) groups is 3. The molecule has 0 aliphatic carbocycles. The van der Waals surface area contributed by atoms with Crippen molar-refractivity contribution < 1.29 is 23.9 Å². The van der Waals surface area contributed by atoms with E-state index in [1.54, 1.807) is 38.2 Å². The van der Waals surface area contributed by atoms with Crippen molar-refractivity contribution in [2.24, 2.45) is 5.73 Å². The molecule has 43 heavy (non-hydrogen) atoms. The van der Waals surface area contributed by atoms with Gasteiger partial charge >= 0.3 is 5.97 Å². The summed E-state index contributed by atoms with van der Waals surface area (Å²) in [4.78, 5) is 42.6. The highest BCUT2D eigenvalue weighted by Gasteiger charge is 2.22. The topological polar surface area (TPSA) is 161 Å². The smallest absolute Gasteiger partial charge is 0.356 e. The Hall–Kier alpha value is -4.46. The predicted molar refractivity (Wildman–Crippen MR) is 165 cm³/mol. The molecule has 0 atom stereocenters. The van der Waals surface area contributed by atoms with Gasteiger partial charge in [0.25, 0.3) is 5.91 Å². The number of rotatable bonds is 14. The number of nitrogens with one attached hydrogen (secondary N) is 1. The number of aryl methyl sites for hydroxylation is 4. The Kier molecular flexibility index (Phi) is 10.3. The first kappa shape index (κ1) is 31.5. The third kappa shape index (κ3) is 7.31. The normalized spacial score (nSPS) is 11.4. The standard InChI is InChI=1S/C29H35BrN8O5/c1-5-37-22(14-18(3)34-37)27(40)33-29-32-21-16-20(26(31)39)17-24(25(21)36(29)11-8-7-10-30)42-12-9-13-43-28(41)23-15-19(4)35-38(23)6-2/h7-8,14-17H,5-6,9-13H2,1-4H3,(H2,31,39)(H,32,33,40). The molecular weight excluding hydrogens is 620 g/mol. The minimum atomic E-state index is -0.648. The number of alkyl halides is 1. The second kappa shape index (κ2) is 14.1. The third-order valence-corrected chi connectivity index (χ3v) is 6.86. The lowest BCUT2D eigenvalue weighted by Gasteiger charge is -2.13. The minimum Gasteiger partial charge on any atom is -0.491 e. The molecule has 228 valence electrons. The molecule has 3 N–H and O–H groups in total. The van der Waals surface area contributed by atoms with E-state index in [0.29, 0.717) is 59.6 Å². The number of nitrogens with zero attached hydrogens (tertiary/aromatic N) is 6. The van der Waals surface area contributed by atoms with Crippen molar-refractivity contribution >= 4 is 50.7 Å². The number of amides is 2. The molecule has 2 amide bonds. The lowest BCUT2D eigenvalue weighted by atomic mass is 10.1. The largest absolute Gasteiger partial charge is 0.491 e. The van der Waals surface area contributed by atoms with Gasteiger partial charge in [0.05, 0.1) is 30.1 Å². The molecule has 4 rings (SSSR count). The van der Waals surface area contributed by atoms with Crippen molar-refractivity contribution in [3.63, 3.8) is 0 Å². The maximum atomic E-state index is 13.3. The van der Waals surface area contributed by atoms with E-state index in [1.165, 1.54) is 0 Å². The number of halogens is 1. The van der Waals surface area contributed by atoms with Crippen LogP contribution in [-0.4, -0.2) is 65.4 Å². The number of carbonyl (C=O) groups excluding carboxylic acids is 3. The monoisotopic (exact) mass is 654 g/mol. The number of anilines is 1. The maximum absolute atomic E-state index is 13.3. The lowest BCUT2D eigenvalue weighted by Crippen LogP contribution is -2.20. The molecule has 0 aliphatic heterocycles. The van der Waals surface area contributed by atoms with E-state index in [9.17, 15) is 14.4 Å². The molecule has 0 saturated carbocycles. The fraction of sp³-hybridized carbons (Fsp3) is 0.379. The van der Waals surface area contributed by atoms with Crippen LogP contribution in [0.2, 0.25) is 0 Å². The Balaban J connectivity index is 1.58. The molecular formula is C29H35BrN8O5. The predicted octanol–water partition coefficient (Wildman–Crippen LogP) is 4.01. The van der Waals surface area contributed by atoms with E-state index in [1.807, 2.05) is 39.8 Å². The van der Waals surface area contributed by atoms with Gasteiger partial charge in [-0.1, -0.05) is 28.1 Å². The van der Waals surface area contributed by atoms with Gasteiger partial charge in [-0.15, -0.1) is 0 Å². The molecule has 0 spiro atoms. The highest BCUT2D eigenvalue weighted by molar-refractivity contribution is 9.09. The molecule has 0 unspecified atom stereocenters. The summed E-state index contributed by atoms with van der Waals surface area (Å²) < 4.78 is 16.5. The van der Waals surface area contributed by atoms with E-state index in [-0.39, 0.29) is 30.6 Å². The van der Waals surface area contributed by atoms with Crippen LogP contribution in [0.25, 0.3) is 11.0 Å². The van der Waals surface area contributed by atoms with Crippen LogP contribution < -0.4 is 15.8 Å². The molecule has 0 fully saturated rings. The second-order valence-electron chi connectivity index (χ2n) is 9.64. The minimum absolute atomic E-state index is 0.116. The Morgan fingerprint density at radius 3 is 2.30 bits per heavy atom. The number of hydrogen-bond donors (Lipinski definition) is 2. The molecule has 14 heteroatoms. The average molecular weight is 656 g/mol. The van der Waals surface area contributed by atoms with E-state index in [2.05, 4.69) is 36.4 Å².